The third-order valence-electron chi connectivity index (χ3n) is 5.00. The van der Waals surface area contributed by atoms with Gasteiger partial charge >= 0.3 is 0 Å². The molecule has 3 aromatic rings. The number of hydrogen-bond acceptors (Lipinski definition) is 5. The second kappa shape index (κ2) is 8.28. The molecule has 0 atom stereocenters. The Morgan fingerprint density at radius 2 is 1.81 bits per heavy atom. The lowest BCUT2D eigenvalue weighted by atomic mass is 10.1. The van der Waals surface area contributed by atoms with E-state index in [9.17, 15) is 9.59 Å². The molecule has 5 rings (SSSR count). The normalized spacial score (nSPS) is 15.9. The fourth-order valence-electron chi connectivity index (χ4n) is 3.40. The first-order valence-electron chi connectivity index (χ1n) is 9.81. The summed E-state index contributed by atoms with van der Waals surface area (Å²) in [5.41, 5.74) is 4.70. The van der Waals surface area contributed by atoms with Crippen LogP contribution in [0.4, 0.5) is 5.69 Å². The zero-order valence-corrected chi connectivity index (χ0v) is 17.5. The van der Waals surface area contributed by atoms with Crippen LogP contribution in [-0.2, 0) is 16.2 Å². The molecule has 2 aliphatic heterocycles. The van der Waals surface area contributed by atoms with Gasteiger partial charge in [0.05, 0.1) is 10.7 Å². The molecule has 1 N–H and O–H groups in total. The van der Waals surface area contributed by atoms with Crippen LogP contribution in [0, 0.1) is 0 Å². The van der Waals surface area contributed by atoms with E-state index in [1.807, 2.05) is 24.3 Å². The van der Waals surface area contributed by atoms with E-state index in [4.69, 9.17) is 25.8 Å². The predicted molar refractivity (Wildman–Crippen MR) is 118 cm³/mol. The van der Waals surface area contributed by atoms with Crippen molar-refractivity contribution in [1.82, 2.24) is 5.43 Å². The van der Waals surface area contributed by atoms with Crippen molar-refractivity contribution < 1.29 is 23.8 Å². The highest BCUT2D eigenvalue weighted by atomic mass is 35.5. The minimum absolute atomic E-state index is 0.0268. The van der Waals surface area contributed by atoms with E-state index in [0.29, 0.717) is 40.1 Å². The molecule has 7 nitrogen and oxygen atoms in total. The molecule has 1 fully saturated rings. The van der Waals surface area contributed by atoms with Gasteiger partial charge in [0, 0.05) is 0 Å². The third-order valence-corrected chi connectivity index (χ3v) is 5.30. The van der Waals surface area contributed by atoms with Crippen LogP contribution in [-0.4, -0.2) is 18.6 Å². The molecule has 3 aromatic carbocycles. The maximum absolute atomic E-state index is 12.7. The predicted octanol–water partition coefficient (Wildman–Crippen LogP) is 4.11. The molecule has 160 valence electrons. The van der Waals surface area contributed by atoms with E-state index in [1.54, 1.807) is 42.5 Å². The van der Waals surface area contributed by atoms with E-state index in [2.05, 4.69) is 5.43 Å². The number of hydrogen-bond donors (Lipinski definition) is 1. The second-order valence-corrected chi connectivity index (χ2v) is 7.55. The Morgan fingerprint density at radius 1 is 1.00 bits per heavy atom. The zero-order valence-electron chi connectivity index (χ0n) is 16.7. The number of nitrogens with zero attached hydrogens (tertiary/aromatic N) is 1. The molecule has 0 spiro atoms. The summed E-state index contributed by atoms with van der Waals surface area (Å²) in [4.78, 5) is 25.1. The minimum Gasteiger partial charge on any atom is -0.487 e. The molecular formula is C24H17ClN2O5. The van der Waals surface area contributed by atoms with E-state index in [1.165, 1.54) is 11.1 Å². The number of ether oxygens (including phenoxy) is 3. The van der Waals surface area contributed by atoms with Crippen molar-refractivity contribution in [3.05, 3.63) is 88.5 Å². The molecule has 0 radical (unpaired) electrons. The standard InChI is InChI=1S/C24H17ClN2O5/c25-19-11-15(10-18-23(28)26-27(24(18)29)17-4-2-1-3-5-17)6-8-20(19)30-13-16-7-9-21-22(12-16)32-14-31-21/h1-12H,13-14H2,(H,26,28)/b18-10-. The summed E-state index contributed by atoms with van der Waals surface area (Å²) >= 11 is 6.38. The van der Waals surface area contributed by atoms with E-state index in [0.717, 1.165) is 5.56 Å². The first kappa shape index (κ1) is 20.0. The lowest BCUT2D eigenvalue weighted by Gasteiger charge is -2.13. The van der Waals surface area contributed by atoms with Crippen molar-refractivity contribution in [3.8, 4) is 17.2 Å². The molecule has 0 aromatic heterocycles. The van der Waals surface area contributed by atoms with Crippen molar-refractivity contribution in [3.63, 3.8) is 0 Å². The molecule has 2 amide bonds. The van der Waals surface area contributed by atoms with Crippen LogP contribution < -0.4 is 24.6 Å². The Kier molecular flexibility index (Phi) is 5.17. The summed E-state index contributed by atoms with van der Waals surface area (Å²) in [5, 5.41) is 1.59. The molecule has 0 bridgehead atoms. The van der Waals surface area contributed by atoms with Crippen LogP contribution in [0.5, 0.6) is 17.2 Å². The van der Waals surface area contributed by atoms with Gasteiger partial charge in [-0.3, -0.25) is 15.0 Å². The van der Waals surface area contributed by atoms with Gasteiger partial charge in [0.2, 0.25) is 6.79 Å². The highest BCUT2D eigenvalue weighted by Gasteiger charge is 2.34. The van der Waals surface area contributed by atoms with Gasteiger partial charge in [-0.1, -0.05) is 41.9 Å². The average molecular weight is 449 g/mol. The number of para-hydroxylation sites is 1. The van der Waals surface area contributed by atoms with Crippen molar-refractivity contribution in [2.45, 2.75) is 6.61 Å². The summed E-state index contributed by atoms with van der Waals surface area (Å²) in [5.74, 6) is 0.974. The lowest BCUT2D eigenvalue weighted by molar-refractivity contribution is -0.117. The fraction of sp³-hybridized carbons (Fsp3) is 0.0833. The van der Waals surface area contributed by atoms with E-state index < -0.39 is 11.8 Å². The van der Waals surface area contributed by atoms with Gasteiger partial charge in [0.15, 0.2) is 11.5 Å². The maximum atomic E-state index is 12.7. The highest BCUT2D eigenvalue weighted by molar-refractivity contribution is 6.33. The van der Waals surface area contributed by atoms with Crippen LogP contribution in [0.25, 0.3) is 6.08 Å². The van der Waals surface area contributed by atoms with E-state index in [-0.39, 0.29) is 12.4 Å². The molecule has 0 saturated carbocycles. The average Bonchev–Trinajstić information content (AvgIpc) is 3.38. The van der Waals surface area contributed by atoms with Crippen LogP contribution in [0.3, 0.4) is 0 Å². The van der Waals surface area contributed by atoms with Gasteiger partial charge in [-0.25, -0.2) is 5.01 Å². The molecule has 1 saturated heterocycles. The lowest BCUT2D eigenvalue weighted by Crippen LogP contribution is -2.35. The molecule has 2 heterocycles. The fourth-order valence-corrected chi connectivity index (χ4v) is 3.64. The minimum atomic E-state index is -0.474. The third kappa shape index (κ3) is 3.86. The number of nitrogens with one attached hydrogen (secondary N) is 1. The van der Waals surface area contributed by atoms with Gasteiger partial charge in [0.25, 0.3) is 11.8 Å². The number of hydrazine groups is 1. The van der Waals surface area contributed by atoms with Crippen LogP contribution in [0.1, 0.15) is 11.1 Å². The Balaban J connectivity index is 1.30. The van der Waals surface area contributed by atoms with Crippen LogP contribution in [0.2, 0.25) is 5.02 Å². The van der Waals surface area contributed by atoms with Crippen molar-refractivity contribution in [2.75, 3.05) is 11.8 Å². The second-order valence-electron chi connectivity index (χ2n) is 7.14. The Hall–Kier alpha value is -3.97. The number of anilines is 1. The molecule has 32 heavy (non-hydrogen) atoms. The summed E-state index contributed by atoms with van der Waals surface area (Å²) in [6, 6.07) is 19.6. The first-order chi connectivity index (χ1) is 15.6. The summed E-state index contributed by atoms with van der Waals surface area (Å²) in [6.07, 6.45) is 1.51. The Labute approximate surface area is 188 Å². The molecular weight excluding hydrogens is 432 g/mol. The van der Waals surface area contributed by atoms with Gasteiger partial charge in [-0.05, 0) is 53.6 Å². The molecule has 2 aliphatic rings. The summed E-state index contributed by atoms with van der Waals surface area (Å²) < 4.78 is 16.5. The largest absolute Gasteiger partial charge is 0.487 e. The Bertz CT molecular complexity index is 1240. The number of carbonyl (C=O) groups is 2. The number of fused-ring (bicyclic) bond motifs is 1. The SMILES string of the molecule is O=C1NN(c2ccccc2)C(=O)/C1=C\c1ccc(OCc2ccc3c(c2)OCO3)c(Cl)c1. The zero-order chi connectivity index (χ0) is 22.1. The quantitative estimate of drug-likeness (QED) is 0.469. The van der Waals surface area contributed by atoms with Gasteiger partial charge in [-0.15, -0.1) is 0 Å². The number of rotatable bonds is 5. The molecule has 0 aliphatic carbocycles. The first-order valence-corrected chi connectivity index (χ1v) is 10.2. The summed E-state index contributed by atoms with van der Waals surface area (Å²) in [7, 11) is 0. The smallest absolute Gasteiger partial charge is 0.282 e. The number of benzene rings is 3. The van der Waals surface area contributed by atoms with E-state index >= 15 is 0 Å². The topological polar surface area (TPSA) is 77.1 Å². The van der Waals surface area contributed by atoms with Crippen molar-refractivity contribution >= 4 is 35.2 Å². The van der Waals surface area contributed by atoms with Crippen LogP contribution in [0.15, 0.2) is 72.3 Å². The van der Waals surface area contributed by atoms with Gasteiger partial charge in [-0.2, -0.15) is 0 Å². The van der Waals surface area contributed by atoms with Gasteiger partial charge < -0.3 is 14.2 Å². The van der Waals surface area contributed by atoms with Crippen LogP contribution >= 0.6 is 11.6 Å². The summed E-state index contributed by atoms with van der Waals surface area (Å²) in [6.45, 7) is 0.510. The molecule has 0 unspecified atom stereocenters. The Morgan fingerprint density at radius 3 is 2.62 bits per heavy atom. The monoisotopic (exact) mass is 448 g/mol. The maximum Gasteiger partial charge on any atom is 0.282 e. The highest BCUT2D eigenvalue weighted by Crippen LogP contribution is 2.33. The van der Waals surface area contributed by atoms with Crippen molar-refractivity contribution in [2.24, 2.45) is 0 Å². The number of amides is 2. The molecule has 8 heteroatoms. The van der Waals surface area contributed by atoms with Crippen molar-refractivity contribution in [1.29, 1.82) is 0 Å². The number of carbonyl (C=O) groups excluding carboxylic acids is 2. The number of halogens is 1. The van der Waals surface area contributed by atoms with Gasteiger partial charge in [0.1, 0.15) is 17.9 Å².